The summed E-state index contributed by atoms with van der Waals surface area (Å²) in [5, 5.41) is 0. The van der Waals surface area contributed by atoms with Gasteiger partial charge in [-0.1, -0.05) is 6.58 Å². The van der Waals surface area contributed by atoms with Gasteiger partial charge in [0.1, 0.15) is 13.2 Å². The molecular formula is C12H18O6. The van der Waals surface area contributed by atoms with Gasteiger partial charge in [0.05, 0.1) is 19.6 Å². The predicted molar refractivity (Wildman–Crippen MR) is 61.7 cm³/mol. The highest BCUT2D eigenvalue weighted by molar-refractivity contribution is 5.87. The number of carbonyl (C=O) groups is 2. The maximum Gasteiger partial charge on any atom is 0.333 e. The molecular weight excluding hydrogens is 240 g/mol. The summed E-state index contributed by atoms with van der Waals surface area (Å²) in [6.07, 6.45) is -0.0298. The lowest BCUT2D eigenvalue weighted by molar-refractivity contribution is -0.271. The van der Waals surface area contributed by atoms with Crippen LogP contribution in [0.2, 0.25) is 0 Å². The Balaban J connectivity index is 2.25. The van der Waals surface area contributed by atoms with Gasteiger partial charge in [-0.05, 0) is 6.92 Å². The molecule has 0 N–H and O–H groups in total. The van der Waals surface area contributed by atoms with E-state index in [2.05, 4.69) is 6.58 Å². The minimum absolute atomic E-state index is 0.0298. The first-order valence-corrected chi connectivity index (χ1v) is 5.69. The Morgan fingerprint density at radius 2 is 2.11 bits per heavy atom. The van der Waals surface area contributed by atoms with E-state index in [1.54, 1.807) is 6.92 Å². The first kappa shape index (κ1) is 14.7. The standard InChI is InChI=1S/C12H18O6/c1-9(2)11(14)16-5-4-10(13)18-12(3)8-15-6-7-17-12/h1,4-8H2,2-3H3. The second-order valence-corrected chi connectivity index (χ2v) is 4.18. The van der Waals surface area contributed by atoms with E-state index in [9.17, 15) is 9.59 Å². The van der Waals surface area contributed by atoms with Gasteiger partial charge in [0.25, 0.3) is 0 Å². The lowest BCUT2D eigenvalue weighted by Crippen LogP contribution is -2.44. The van der Waals surface area contributed by atoms with Crippen LogP contribution in [0.25, 0.3) is 0 Å². The summed E-state index contributed by atoms with van der Waals surface area (Å²) in [5.41, 5.74) is 0.291. The van der Waals surface area contributed by atoms with E-state index in [-0.39, 0.29) is 19.6 Å². The molecule has 0 aromatic rings. The summed E-state index contributed by atoms with van der Waals surface area (Å²) >= 11 is 0. The Morgan fingerprint density at radius 3 is 2.67 bits per heavy atom. The zero-order valence-corrected chi connectivity index (χ0v) is 10.7. The number of ether oxygens (including phenoxy) is 4. The van der Waals surface area contributed by atoms with Crippen LogP contribution in [0, 0.1) is 0 Å². The third-order valence-electron chi connectivity index (χ3n) is 2.22. The minimum Gasteiger partial charge on any atom is -0.462 e. The van der Waals surface area contributed by atoms with Crippen molar-refractivity contribution in [2.24, 2.45) is 0 Å². The molecule has 18 heavy (non-hydrogen) atoms. The van der Waals surface area contributed by atoms with Crippen LogP contribution in [0.1, 0.15) is 20.3 Å². The SMILES string of the molecule is C=C(C)C(=O)OCCC(=O)OC1(C)COCCO1. The van der Waals surface area contributed by atoms with Crippen molar-refractivity contribution in [3.8, 4) is 0 Å². The third-order valence-corrected chi connectivity index (χ3v) is 2.22. The van der Waals surface area contributed by atoms with E-state index in [1.807, 2.05) is 0 Å². The van der Waals surface area contributed by atoms with E-state index < -0.39 is 17.7 Å². The Bertz CT molecular complexity index is 329. The molecule has 1 saturated heterocycles. The molecule has 0 amide bonds. The van der Waals surface area contributed by atoms with E-state index in [4.69, 9.17) is 18.9 Å². The molecule has 6 nitrogen and oxygen atoms in total. The molecule has 1 aliphatic rings. The van der Waals surface area contributed by atoms with Crippen LogP contribution < -0.4 is 0 Å². The van der Waals surface area contributed by atoms with Crippen molar-refractivity contribution >= 4 is 11.9 Å². The molecule has 1 fully saturated rings. The highest BCUT2D eigenvalue weighted by atomic mass is 16.7. The Morgan fingerprint density at radius 1 is 1.39 bits per heavy atom. The fourth-order valence-corrected chi connectivity index (χ4v) is 1.32. The minimum atomic E-state index is -1.05. The van der Waals surface area contributed by atoms with Crippen LogP contribution in [-0.2, 0) is 28.5 Å². The fraction of sp³-hybridized carbons (Fsp3) is 0.667. The van der Waals surface area contributed by atoms with E-state index in [1.165, 1.54) is 6.92 Å². The van der Waals surface area contributed by atoms with Gasteiger partial charge in [0.2, 0.25) is 5.79 Å². The lowest BCUT2D eigenvalue weighted by atomic mass is 10.3. The first-order chi connectivity index (χ1) is 8.43. The number of carbonyl (C=O) groups excluding carboxylic acids is 2. The maximum absolute atomic E-state index is 11.5. The van der Waals surface area contributed by atoms with Gasteiger partial charge in [-0.25, -0.2) is 4.79 Å². The number of hydrogen-bond donors (Lipinski definition) is 0. The van der Waals surface area contributed by atoms with Crippen molar-refractivity contribution < 1.29 is 28.5 Å². The van der Waals surface area contributed by atoms with Crippen LogP contribution in [0.5, 0.6) is 0 Å². The van der Waals surface area contributed by atoms with Crippen molar-refractivity contribution in [2.75, 3.05) is 26.4 Å². The van der Waals surface area contributed by atoms with Gasteiger partial charge in [-0.3, -0.25) is 4.79 Å². The van der Waals surface area contributed by atoms with Gasteiger partial charge >= 0.3 is 11.9 Å². The van der Waals surface area contributed by atoms with E-state index >= 15 is 0 Å². The van der Waals surface area contributed by atoms with Crippen molar-refractivity contribution in [1.82, 2.24) is 0 Å². The van der Waals surface area contributed by atoms with Gasteiger partial charge in [0, 0.05) is 12.5 Å². The molecule has 0 aromatic heterocycles. The van der Waals surface area contributed by atoms with Crippen LogP contribution in [0.15, 0.2) is 12.2 Å². The molecule has 0 bridgehead atoms. The number of esters is 2. The van der Waals surface area contributed by atoms with Crippen LogP contribution in [0.3, 0.4) is 0 Å². The summed E-state index contributed by atoms with van der Waals surface area (Å²) in [6, 6.07) is 0. The molecule has 1 unspecified atom stereocenters. The zero-order chi connectivity index (χ0) is 13.6. The summed E-state index contributed by atoms with van der Waals surface area (Å²) in [4.78, 5) is 22.6. The molecule has 1 atom stereocenters. The van der Waals surface area contributed by atoms with Gasteiger partial charge in [-0.15, -0.1) is 0 Å². The molecule has 0 saturated carbocycles. The van der Waals surface area contributed by atoms with Crippen molar-refractivity contribution in [2.45, 2.75) is 26.1 Å². The van der Waals surface area contributed by atoms with Crippen LogP contribution in [0.4, 0.5) is 0 Å². The fourth-order valence-electron chi connectivity index (χ4n) is 1.32. The number of hydrogen-bond acceptors (Lipinski definition) is 6. The van der Waals surface area contributed by atoms with Crippen molar-refractivity contribution in [1.29, 1.82) is 0 Å². The summed E-state index contributed by atoms with van der Waals surface area (Å²) in [5.74, 6) is -2.07. The van der Waals surface area contributed by atoms with E-state index in [0.717, 1.165) is 0 Å². The highest BCUT2D eigenvalue weighted by Gasteiger charge is 2.32. The smallest absolute Gasteiger partial charge is 0.333 e. The quantitative estimate of drug-likeness (QED) is 0.536. The summed E-state index contributed by atoms with van der Waals surface area (Å²) < 4.78 is 20.4. The average Bonchev–Trinajstić information content (AvgIpc) is 2.28. The van der Waals surface area contributed by atoms with Gasteiger partial charge in [0.15, 0.2) is 0 Å². The molecule has 0 radical (unpaired) electrons. The van der Waals surface area contributed by atoms with Crippen molar-refractivity contribution in [3.05, 3.63) is 12.2 Å². The summed E-state index contributed by atoms with van der Waals surface area (Å²) in [6.45, 7) is 7.63. The molecule has 1 heterocycles. The Labute approximate surface area is 106 Å². The zero-order valence-electron chi connectivity index (χ0n) is 10.7. The molecule has 0 aromatic carbocycles. The predicted octanol–water partition coefficient (Wildman–Crippen LogP) is 0.802. The van der Waals surface area contributed by atoms with Crippen molar-refractivity contribution in [3.63, 3.8) is 0 Å². The molecule has 1 aliphatic heterocycles. The molecule has 6 heteroatoms. The third kappa shape index (κ3) is 4.85. The highest BCUT2D eigenvalue weighted by Crippen LogP contribution is 2.17. The Kier molecular flexibility index (Phi) is 5.30. The largest absolute Gasteiger partial charge is 0.462 e. The normalized spacial score (nSPS) is 23.2. The lowest BCUT2D eigenvalue weighted by Gasteiger charge is -2.32. The maximum atomic E-state index is 11.5. The molecule has 1 rings (SSSR count). The topological polar surface area (TPSA) is 71.1 Å². The van der Waals surface area contributed by atoms with Gasteiger partial charge < -0.3 is 18.9 Å². The summed E-state index contributed by atoms with van der Waals surface area (Å²) in [7, 11) is 0. The number of rotatable bonds is 5. The van der Waals surface area contributed by atoms with Crippen LogP contribution in [-0.4, -0.2) is 44.2 Å². The molecule has 0 aliphatic carbocycles. The van der Waals surface area contributed by atoms with E-state index in [0.29, 0.717) is 18.8 Å². The Hall–Kier alpha value is -1.40. The molecule has 102 valence electrons. The second-order valence-electron chi connectivity index (χ2n) is 4.18. The van der Waals surface area contributed by atoms with Crippen LogP contribution >= 0.6 is 0 Å². The first-order valence-electron chi connectivity index (χ1n) is 5.69. The second kappa shape index (κ2) is 6.51. The monoisotopic (exact) mass is 258 g/mol. The average molecular weight is 258 g/mol. The molecule has 0 spiro atoms. The van der Waals surface area contributed by atoms with Gasteiger partial charge in [-0.2, -0.15) is 0 Å².